The lowest BCUT2D eigenvalue weighted by molar-refractivity contribution is -0.155. The molecule has 0 saturated heterocycles. The molecule has 9 heteroatoms. The van der Waals surface area contributed by atoms with Crippen molar-refractivity contribution in [2.75, 3.05) is 5.32 Å². The van der Waals surface area contributed by atoms with Crippen LogP contribution in [0.15, 0.2) is 48.5 Å². The molecule has 0 spiro atoms. The molecule has 35 heavy (non-hydrogen) atoms. The zero-order valence-electron chi connectivity index (χ0n) is 19.9. The molecule has 0 aliphatic heterocycles. The van der Waals surface area contributed by atoms with Crippen LogP contribution >= 0.6 is 0 Å². The van der Waals surface area contributed by atoms with Crippen molar-refractivity contribution in [2.45, 2.75) is 46.1 Å². The third kappa shape index (κ3) is 5.13. The van der Waals surface area contributed by atoms with Crippen LogP contribution in [0.25, 0.3) is 0 Å². The second-order valence-electron chi connectivity index (χ2n) is 9.72. The third-order valence-corrected chi connectivity index (χ3v) is 7.43. The van der Waals surface area contributed by atoms with Crippen molar-refractivity contribution >= 4 is 29.4 Å². The number of amides is 2. The number of rotatable bonds is 8. The first-order chi connectivity index (χ1) is 16.4. The van der Waals surface area contributed by atoms with Crippen LogP contribution in [-0.2, 0) is 20.8 Å². The Morgan fingerprint density at radius 1 is 1.00 bits per heavy atom. The molecular formula is C26H30N2O7. The maximum absolute atomic E-state index is 13.0. The van der Waals surface area contributed by atoms with Crippen LogP contribution in [0.3, 0.4) is 0 Å². The molecular weight excluding hydrogens is 452 g/mol. The van der Waals surface area contributed by atoms with Gasteiger partial charge in [0.15, 0.2) is 0 Å². The van der Waals surface area contributed by atoms with Crippen LogP contribution in [-0.4, -0.2) is 45.1 Å². The number of carbonyl (C=O) groups excluding carboxylic acids is 2. The number of hydrogen-bond acceptors (Lipinski definition) is 5. The Kier molecular flexibility index (Phi) is 7.19. The third-order valence-electron chi connectivity index (χ3n) is 7.43. The highest BCUT2D eigenvalue weighted by Gasteiger charge is 2.58. The van der Waals surface area contributed by atoms with Gasteiger partial charge in [0.2, 0.25) is 5.91 Å². The summed E-state index contributed by atoms with van der Waals surface area (Å²) in [6.07, 6.45) is 0.705. The van der Waals surface area contributed by atoms with Crippen LogP contribution in [0.2, 0.25) is 0 Å². The molecule has 186 valence electrons. The lowest BCUT2D eigenvalue weighted by atomic mass is 9.65. The van der Waals surface area contributed by atoms with Crippen molar-refractivity contribution in [3.8, 4) is 5.75 Å². The first kappa shape index (κ1) is 25.7. The van der Waals surface area contributed by atoms with Crippen molar-refractivity contribution in [3.05, 3.63) is 59.7 Å². The fourth-order valence-corrected chi connectivity index (χ4v) is 4.64. The fourth-order valence-electron chi connectivity index (χ4n) is 4.64. The van der Waals surface area contributed by atoms with Gasteiger partial charge in [-0.25, -0.2) is 4.79 Å². The number of carboxylic acids is 2. The lowest BCUT2D eigenvalue weighted by Gasteiger charge is -2.38. The summed E-state index contributed by atoms with van der Waals surface area (Å²) in [6, 6.07) is 11.4. The van der Waals surface area contributed by atoms with Crippen LogP contribution in [0, 0.1) is 16.7 Å². The summed E-state index contributed by atoms with van der Waals surface area (Å²) in [5.74, 6) is -3.90. The van der Waals surface area contributed by atoms with Gasteiger partial charge in [-0.3, -0.25) is 14.4 Å². The topological polar surface area (TPSA) is 153 Å². The second-order valence-corrected chi connectivity index (χ2v) is 9.72. The van der Waals surface area contributed by atoms with E-state index in [0.29, 0.717) is 24.1 Å². The van der Waals surface area contributed by atoms with Gasteiger partial charge in [0, 0.05) is 18.0 Å². The van der Waals surface area contributed by atoms with Crippen LogP contribution < -0.4 is 10.6 Å². The SMILES string of the molecule is CC1(C)[C@@H](C(=O)N[C@@H](Cc2ccc(NC(=O)c3ccccc3O)cc2)C(=O)O)CC[C@@]1(C)C(=O)O. The highest BCUT2D eigenvalue weighted by Crippen LogP contribution is 2.56. The van der Waals surface area contributed by atoms with Gasteiger partial charge in [-0.05, 0) is 55.0 Å². The summed E-state index contributed by atoms with van der Waals surface area (Å²) in [4.78, 5) is 49.0. The number of nitrogens with one attached hydrogen (secondary N) is 2. The van der Waals surface area contributed by atoms with Gasteiger partial charge in [-0.1, -0.05) is 38.1 Å². The van der Waals surface area contributed by atoms with E-state index in [9.17, 15) is 34.5 Å². The van der Waals surface area contributed by atoms with Crippen molar-refractivity contribution < 1.29 is 34.5 Å². The minimum absolute atomic E-state index is 0.0120. The van der Waals surface area contributed by atoms with E-state index >= 15 is 0 Å². The molecule has 5 N–H and O–H groups in total. The second kappa shape index (κ2) is 9.77. The first-order valence-corrected chi connectivity index (χ1v) is 11.3. The predicted octanol–water partition coefficient (Wildman–Crippen LogP) is 3.28. The zero-order valence-corrected chi connectivity index (χ0v) is 19.9. The van der Waals surface area contributed by atoms with Crippen molar-refractivity contribution in [1.29, 1.82) is 0 Å². The number of phenols is 1. The summed E-state index contributed by atoms with van der Waals surface area (Å²) in [5.41, 5.74) is -0.722. The van der Waals surface area contributed by atoms with Gasteiger partial charge in [0.1, 0.15) is 11.8 Å². The van der Waals surface area contributed by atoms with Crippen molar-refractivity contribution in [2.24, 2.45) is 16.7 Å². The number of carboxylic acid groups (broad SMARTS) is 2. The Balaban J connectivity index is 1.66. The Hall–Kier alpha value is -3.88. The smallest absolute Gasteiger partial charge is 0.326 e. The molecule has 1 aliphatic carbocycles. The number of hydrogen-bond donors (Lipinski definition) is 5. The maximum atomic E-state index is 13.0. The van der Waals surface area contributed by atoms with E-state index < -0.39 is 46.5 Å². The highest BCUT2D eigenvalue weighted by atomic mass is 16.4. The van der Waals surface area contributed by atoms with E-state index in [0.717, 1.165) is 0 Å². The molecule has 1 aliphatic rings. The van der Waals surface area contributed by atoms with Crippen LogP contribution in [0.1, 0.15) is 49.5 Å². The van der Waals surface area contributed by atoms with E-state index in [2.05, 4.69) is 10.6 Å². The van der Waals surface area contributed by atoms with Gasteiger partial charge in [0.05, 0.1) is 11.0 Å². The number of carbonyl (C=O) groups is 4. The van der Waals surface area contributed by atoms with Gasteiger partial charge in [-0.15, -0.1) is 0 Å². The zero-order chi connectivity index (χ0) is 26.0. The number of benzene rings is 2. The molecule has 2 amide bonds. The molecule has 2 aromatic rings. The van der Waals surface area contributed by atoms with E-state index in [4.69, 9.17) is 0 Å². The summed E-state index contributed by atoms with van der Waals surface area (Å²) >= 11 is 0. The number of aromatic hydroxyl groups is 1. The fraction of sp³-hybridized carbons (Fsp3) is 0.385. The monoisotopic (exact) mass is 482 g/mol. The van der Waals surface area contributed by atoms with E-state index in [-0.39, 0.29) is 17.7 Å². The van der Waals surface area contributed by atoms with E-state index in [1.165, 1.54) is 12.1 Å². The van der Waals surface area contributed by atoms with E-state index in [1.54, 1.807) is 57.2 Å². The molecule has 0 radical (unpaired) electrons. The van der Waals surface area contributed by atoms with Crippen LogP contribution in [0.5, 0.6) is 5.75 Å². The molecule has 0 bridgehead atoms. The summed E-state index contributed by atoms with van der Waals surface area (Å²) in [7, 11) is 0. The Labute approximate surface area is 203 Å². The number of aliphatic carboxylic acids is 2. The van der Waals surface area contributed by atoms with Gasteiger partial charge < -0.3 is 26.0 Å². The standard InChI is InChI=1S/C26H30N2O7/c1-25(2)18(12-13-26(25,3)24(34)35)22(31)28-19(23(32)33)14-15-8-10-16(11-9-15)27-21(30)17-6-4-5-7-20(17)29/h4-11,18-19,29H,12-14H2,1-3H3,(H,27,30)(H,28,31)(H,32,33)(H,34,35)/t18-,19+,26+/m1/s1. The first-order valence-electron chi connectivity index (χ1n) is 11.3. The number of para-hydroxylation sites is 1. The molecule has 2 aromatic carbocycles. The lowest BCUT2D eigenvalue weighted by Crippen LogP contribution is -2.49. The quantitative estimate of drug-likeness (QED) is 0.387. The molecule has 3 rings (SSSR count). The molecule has 1 saturated carbocycles. The highest BCUT2D eigenvalue weighted by molar-refractivity contribution is 6.06. The van der Waals surface area contributed by atoms with E-state index in [1.807, 2.05) is 0 Å². The van der Waals surface area contributed by atoms with Gasteiger partial charge in [0.25, 0.3) is 5.91 Å². The van der Waals surface area contributed by atoms with Crippen LogP contribution in [0.4, 0.5) is 5.69 Å². The molecule has 0 unspecified atom stereocenters. The molecule has 3 atom stereocenters. The normalized spacial score (nSPS) is 21.6. The number of anilines is 1. The number of phenolic OH excluding ortho intramolecular Hbond substituents is 1. The molecule has 1 fully saturated rings. The Morgan fingerprint density at radius 2 is 1.63 bits per heavy atom. The average molecular weight is 483 g/mol. The molecule has 0 aromatic heterocycles. The summed E-state index contributed by atoms with van der Waals surface area (Å²) in [5, 5.41) is 34.4. The molecule has 0 heterocycles. The minimum Gasteiger partial charge on any atom is -0.507 e. The van der Waals surface area contributed by atoms with Gasteiger partial charge in [-0.2, -0.15) is 0 Å². The Morgan fingerprint density at radius 3 is 2.17 bits per heavy atom. The average Bonchev–Trinajstić information content (AvgIpc) is 3.04. The van der Waals surface area contributed by atoms with Crippen molar-refractivity contribution in [1.82, 2.24) is 5.32 Å². The predicted molar refractivity (Wildman–Crippen MR) is 128 cm³/mol. The minimum atomic E-state index is -1.20. The molecule has 9 nitrogen and oxygen atoms in total. The van der Waals surface area contributed by atoms with Gasteiger partial charge >= 0.3 is 11.9 Å². The summed E-state index contributed by atoms with van der Waals surface area (Å²) < 4.78 is 0. The maximum Gasteiger partial charge on any atom is 0.326 e. The Bertz CT molecular complexity index is 1140. The summed E-state index contributed by atoms with van der Waals surface area (Å²) in [6.45, 7) is 5.09. The van der Waals surface area contributed by atoms with Crippen molar-refractivity contribution in [3.63, 3.8) is 0 Å². The largest absolute Gasteiger partial charge is 0.507 e.